The van der Waals surface area contributed by atoms with Gasteiger partial charge in [0.2, 0.25) is 0 Å². The molecule has 2 aromatic rings. The van der Waals surface area contributed by atoms with Gasteiger partial charge in [-0.3, -0.25) is 0 Å². The molecule has 0 unspecified atom stereocenters. The van der Waals surface area contributed by atoms with Crippen molar-refractivity contribution in [3.8, 4) is 0 Å². The van der Waals surface area contributed by atoms with Gasteiger partial charge in [-0.05, 0) is 37.5 Å². The number of nitrogens with zero attached hydrogens (tertiary/aromatic N) is 1. The second-order valence-corrected chi connectivity index (χ2v) is 5.29. The Morgan fingerprint density at radius 3 is 2.91 bits per heavy atom. The summed E-state index contributed by atoms with van der Waals surface area (Å²) in [6, 6.07) is 3.35. The zero-order valence-electron chi connectivity index (χ0n) is 12.4. The Labute approximate surface area is 131 Å². The molecule has 122 valence electrons. The lowest BCUT2D eigenvalue weighted by molar-refractivity contribution is 0.0315. The first-order valence-electron chi connectivity index (χ1n) is 7.27. The molecule has 1 fully saturated rings. The fraction of sp³-hybridized carbons (Fsp3) is 0.375. The number of oxazole rings is 1. The van der Waals surface area contributed by atoms with Gasteiger partial charge in [0.15, 0.2) is 29.5 Å². The van der Waals surface area contributed by atoms with Crippen molar-refractivity contribution in [2.45, 2.75) is 32.0 Å². The minimum Gasteiger partial charge on any atom is -0.453 e. The highest BCUT2D eigenvalue weighted by molar-refractivity contribution is 5.88. The Balaban J connectivity index is 1.74. The average Bonchev–Trinajstić information content (AvgIpc) is 3.19. The quantitative estimate of drug-likeness (QED) is 0.803. The lowest BCUT2D eigenvalue weighted by Gasteiger charge is -2.14. The number of halogens is 2. The predicted molar refractivity (Wildman–Crippen MR) is 74.6 cm³/mol. The number of benzene rings is 1. The topological polar surface area (TPSA) is 61.6 Å². The molecule has 1 saturated heterocycles. The van der Waals surface area contributed by atoms with Crippen LogP contribution in [-0.2, 0) is 9.47 Å². The molecule has 2 heterocycles. The first kappa shape index (κ1) is 15.6. The van der Waals surface area contributed by atoms with Crippen LogP contribution in [0.1, 0.15) is 53.8 Å². The van der Waals surface area contributed by atoms with Crippen molar-refractivity contribution in [2.24, 2.45) is 0 Å². The maximum atomic E-state index is 13.3. The van der Waals surface area contributed by atoms with Crippen LogP contribution in [-0.4, -0.2) is 17.6 Å². The van der Waals surface area contributed by atoms with Crippen LogP contribution in [0.25, 0.3) is 0 Å². The number of carbonyl (C=O) groups excluding carboxylic acids is 1. The number of rotatable bonds is 4. The van der Waals surface area contributed by atoms with E-state index in [-0.39, 0.29) is 11.8 Å². The summed E-state index contributed by atoms with van der Waals surface area (Å²) < 4.78 is 42.2. The Morgan fingerprint density at radius 1 is 1.39 bits per heavy atom. The second kappa shape index (κ2) is 6.45. The predicted octanol–water partition coefficient (Wildman–Crippen LogP) is 3.72. The summed E-state index contributed by atoms with van der Waals surface area (Å²) in [4.78, 5) is 16.1. The lowest BCUT2D eigenvalue weighted by Crippen LogP contribution is -2.13. The molecule has 1 aliphatic rings. The van der Waals surface area contributed by atoms with E-state index in [0.29, 0.717) is 17.9 Å². The maximum absolute atomic E-state index is 13.3. The van der Waals surface area contributed by atoms with Gasteiger partial charge in [0.25, 0.3) is 0 Å². The summed E-state index contributed by atoms with van der Waals surface area (Å²) in [6.07, 6.45) is 1.72. The minimum absolute atomic E-state index is 0.0475. The Kier molecular flexibility index (Phi) is 4.38. The van der Waals surface area contributed by atoms with E-state index in [2.05, 4.69) is 4.98 Å². The van der Waals surface area contributed by atoms with Crippen molar-refractivity contribution < 1.29 is 27.5 Å². The molecule has 0 aliphatic carbocycles. The van der Waals surface area contributed by atoms with Gasteiger partial charge in [-0.15, -0.1) is 0 Å². The minimum atomic E-state index is -0.994. The van der Waals surface area contributed by atoms with Crippen LogP contribution in [0, 0.1) is 11.6 Å². The highest BCUT2D eigenvalue weighted by atomic mass is 19.2. The van der Waals surface area contributed by atoms with Crippen molar-refractivity contribution in [2.75, 3.05) is 6.61 Å². The smallest absolute Gasteiger partial charge is 0.361 e. The summed E-state index contributed by atoms with van der Waals surface area (Å²) in [7, 11) is 0. The van der Waals surface area contributed by atoms with Gasteiger partial charge in [-0.25, -0.2) is 18.6 Å². The average molecular weight is 323 g/mol. The molecular weight excluding hydrogens is 308 g/mol. The normalized spacial score (nSPS) is 18.8. The van der Waals surface area contributed by atoms with Gasteiger partial charge >= 0.3 is 5.97 Å². The van der Waals surface area contributed by atoms with E-state index in [4.69, 9.17) is 13.9 Å². The van der Waals surface area contributed by atoms with E-state index in [1.165, 1.54) is 6.07 Å². The van der Waals surface area contributed by atoms with Crippen molar-refractivity contribution in [3.05, 3.63) is 53.2 Å². The fourth-order valence-corrected chi connectivity index (χ4v) is 2.47. The summed E-state index contributed by atoms with van der Waals surface area (Å²) in [5.74, 6) is -2.30. The van der Waals surface area contributed by atoms with E-state index in [9.17, 15) is 13.6 Å². The highest BCUT2D eigenvalue weighted by Gasteiger charge is 2.29. The molecule has 2 atom stereocenters. The van der Waals surface area contributed by atoms with Crippen LogP contribution in [0.15, 0.2) is 29.0 Å². The van der Waals surface area contributed by atoms with Crippen molar-refractivity contribution >= 4 is 5.97 Å². The standard InChI is InChI=1S/C16H15F2NO4/c1-9(10-4-5-11(17)12(18)7-10)23-16(20)14-15(22-8-19-14)13-3-2-6-21-13/h4-5,7-9,13H,2-3,6H2,1H3/t9-,13-/m0/s1. The number of hydrogen-bond acceptors (Lipinski definition) is 5. The van der Waals surface area contributed by atoms with Gasteiger partial charge < -0.3 is 13.9 Å². The summed E-state index contributed by atoms with van der Waals surface area (Å²) in [5.41, 5.74) is 0.394. The van der Waals surface area contributed by atoms with E-state index in [0.717, 1.165) is 31.4 Å². The number of carbonyl (C=O) groups is 1. The van der Waals surface area contributed by atoms with Crippen molar-refractivity contribution in [1.82, 2.24) is 4.98 Å². The van der Waals surface area contributed by atoms with Gasteiger partial charge in [-0.1, -0.05) is 6.07 Å². The van der Waals surface area contributed by atoms with E-state index in [1.54, 1.807) is 6.92 Å². The van der Waals surface area contributed by atoms with Gasteiger partial charge in [0.1, 0.15) is 12.2 Å². The third-order valence-electron chi connectivity index (χ3n) is 3.71. The Bertz CT molecular complexity index is 710. The molecule has 1 aliphatic heterocycles. The number of esters is 1. The van der Waals surface area contributed by atoms with E-state index in [1.807, 2.05) is 0 Å². The van der Waals surface area contributed by atoms with Crippen molar-refractivity contribution in [1.29, 1.82) is 0 Å². The molecule has 0 spiro atoms. The third-order valence-corrected chi connectivity index (χ3v) is 3.71. The van der Waals surface area contributed by atoms with Crippen molar-refractivity contribution in [3.63, 3.8) is 0 Å². The summed E-state index contributed by atoms with van der Waals surface area (Å²) in [6.45, 7) is 2.17. The molecule has 0 radical (unpaired) electrons. The Hall–Kier alpha value is -2.28. The van der Waals surface area contributed by atoms with Crippen LogP contribution in [0.3, 0.4) is 0 Å². The molecule has 7 heteroatoms. The monoisotopic (exact) mass is 323 g/mol. The van der Waals surface area contributed by atoms with Gasteiger partial charge in [0, 0.05) is 6.61 Å². The first-order chi connectivity index (χ1) is 11.1. The molecular formula is C16H15F2NO4. The SMILES string of the molecule is C[C@H](OC(=O)c1ncoc1[C@@H]1CCCO1)c1ccc(F)c(F)c1. The molecule has 0 N–H and O–H groups in total. The molecule has 3 rings (SSSR count). The number of hydrogen-bond donors (Lipinski definition) is 0. The third kappa shape index (κ3) is 3.24. The van der Waals surface area contributed by atoms with Crippen LogP contribution < -0.4 is 0 Å². The molecule has 0 amide bonds. The lowest BCUT2D eigenvalue weighted by atomic mass is 10.1. The zero-order chi connectivity index (χ0) is 16.4. The largest absolute Gasteiger partial charge is 0.453 e. The van der Waals surface area contributed by atoms with Crippen LogP contribution in [0.5, 0.6) is 0 Å². The van der Waals surface area contributed by atoms with E-state index >= 15 is 0 Å². The fourth-order valence-electron chi connectivity index (χ4n) is 2.47. The summed E-state index contributed by atoms with van der Waals surface area (Å²) in [5, 5.41) is 0. The van der Waals surface area contributed by atoms with Crippen LogP contribution in [0.4, 0.5) is 8.78 Å². The zero-order valence-corrected chi connectivity index (χ0v) is 12.4. The first-order valence-corrected chi connectivity index (χ1v) is 7.27. The molecule has 23 heavy (non-hydrogen) atoms. The maximum Gasteiger partial charge on any atom is 0.361 e. The number of ether oxygens (including phenoxy) is 2. The second-order valence-electron chi connectivity index (χ2n) is 5.29. The van der Waals surface area contributed by atoms with E-state index < -0.39 is 23.7 Å². The van der Waals surface area contributed by atoms with Gasteiger partial charge in [0.05, 0.1) is 0 Å². The van der Waals surface area contributed by atoms with Crippen LogP contribution >= 0.6 is 0 Å². The molecule has 0 bridgehead atoms. The molecule has 5 nitrogen and oxygen atoms in total. The molecule has 0 saturated carbocycles. The summed E-state index contributed by atoms with van der Waals surface area (Å²) >= 11 is 0. The number of aromatic nitrogens is 1. The van der Waals surface area contributed by atoms with Gasteiger partial charge in [-0.2, -0.15) is 0 Å². The Morgan fingerprint density at radius 2 is 2.22 bits per heavy atom. The van der Waals surface area contributed by atoms with Crippen LogP contribution in [0.2, 0.25) is 0 Å². The molecule has 1 aromatic carbocycles. The molecule has 1 aromatic heterocycles. The highest BCUT2D eigenvalue weighted by Crippen LogP contribution is 2.31.